The summed E-state index contributed by atoms with van der Waals surface area (Å²) < 4.78 is 5.46. The molecule has 1 aliphatic carbocycles. The molecule has 2 aromatic carbocycles. The maximum absolute atomic E-state index is 12.5. The number of carboxylic acids is 1. The quantitative estimate of drug-likeness (QED) is 0.721. The summed E-state index contributed by atoms with van der Waals surface area (Å²) in [6.45, 7) is 2.65. The number of aliphatic carboxylic acids is 1. The summed E-state index contributed by atoms with van der Waals surface area (Å²) in [6, 6.07) is 16.2. The number of carbonyl (C=O) groups is 3. The Kier molecular flexibility index (Phi) is 6.17. The minimum atomic E-state index is -0.802. The van der Waals surface area contributed by atoms with E-state index in [1.54, 1.807) is 4.90 Å². The number of nitrogens with zero attached hydrogens (tertiary/aromatic N) is 1. The molecular weight excluding hydrogens is 408 g/mol. The third-order valence-electron chi connectivity index (χ3n) is 6.93. The van der Waals surface area contributed by atoms with Crippen molar-refractivity contribution in [2.75, 3.05) is 26.2 Å². The van der Waals surface area contributed by atoms with Gasteiger partial charge in [0.15, 0.2) is 0 Å². The standard InChI is InChI=1S/C25H28N2O5/c1-2-25(23(29)30)11-13-27(14-12-25)22(28)15-26-24(31)32-16-21-19-9-5-3-7-17(19)18-8-4-6-10-20(18)21/h3-10,21H,2,11-16H2,1H3,(H,26,31)(H,29,30). The van der Waals surface area contributed by atoms with E-state index in [0.717, 1.165) is 22.3 Å². The van der Waals surface area contributed by atoms with Gasteiger partial charge < -0.3 is 20.1 Å². The Bertz CT molecular complexity index is 981. The number of likely N-dealkylation sites (tertiary alicyclic amines) is 1. The van der Waals surface area contributed by atoms with E-state index in [2.05, 4.69) is 29.6 Å². The van der Waals surface area contributed by atoms with Crippen molar-refractivity contribution in [2.24, 2.45) is 5.41 Å². The number of piperidine rings is 1. The van der Waals surface area contributed by atoms with Gasteiger partial charge in [0.25, 0.3) is 0 Å². The average Bonchev–Trinajstić information content (AvgIpc) is 3.15. The van der Waals surface area contributed by atoms with Crippen LogP contribution >= 0.6 is 0 Å². The van der Waals surface area contributed by atoms with Crippen molar-refractivity contribution in [1.82, 2.24) is 10.2 Å². The Balaban J connectivity index is 1.28. The maximum Gasteiger partial charge on any atom is 0.407 e. The van der Waals surface area contributed by atoms with E-state index in [-0.39, 0.29) is 25.0 Å². The summed E-state index contributed by atoms with van der Waals surface area (Å²) in [6.07, 6.45) is 0.763. The molecule has 1 fully saturated rings. The van der Waals surface area contributed by atoms with Crippen molar-refractivity contribution >= 4 is 18.0 Å². The van der Waals surface area contributed by atoms with E-state index < -0.39 is 17.5 Å². The Hall–Kier alpha value is -3.35. The number of amides is 2. The lowest BCUT2D eigenvalue weighted by atomic mass is 9.76. The molecule has 32 heavy (non-hydrogen) atoms. The number of benzene rings is 2. The minimum absolute atomic E-state index is 0.0378. The molecule has 0 aromatic heterocycles. The van der Waals surface area contributed by atoms with E-state index in [1.807, 2.05) is 31.2 Å². The van der Waals surface area contributed by atoms with Crippen molar-refractivity contribution in [2.45, 2.75) is 32.1 Å². The second-order valence-corrected chi connectivity index (χ2v) is 8.50. The summed E-state index contributed by atoms with van der Waals surface area (Å²) in [7, 11) is 0. The topological polar surface area (TPSA) is 95.9 Å². The Morgan fingerprint density at radius 3 is 2.12 bits per heavy atom. The average molecular weight is 437 g/mol. The smallest absolute Gasteiger partial charge is 0.407 e. The second-order valence-electron chi connectivity index (χ2n) is 8.50. The summed E-state index contributed by atoms with van der Waals surface area (Å²) in [5, 5.41) is 12.0. The third kappa shape index (κ3) is 4.07. The molecule has 2 aromatic rings. The van der Waals surface area contributed by atoms with Gasteiger partial charge in [0.2, 0.25) is 5.91 Å². The van der Waals surface area contributed by atoms with E-state index in [9.17, 15) is 19.5 Å². The molecule has 0 bridgehead atoms. The first-order valence-electron chi connectivity index (χ1n) is 11.1. The maximum atomic E-state index is 12.5. The molecule has 2 amide bonds. The highest BCUT2D eigenvalue weighted by atomic mass is 16.5. The molecule has 7 nitrogen and oxygen atoms in total. The highest BCUT2D eigenvalue weighted by molar-refractivity contribution is 5.83. The van der Waals surface area contributed by atoms with Gasteiger partial charge in [0.05, 0.1) is 5.41 Å². The van der Waals surface area contributed by atoms with Crippen molar-refractivity contribution in [3.63, 3.8) is 0 Å². The van der Waals surface area contributed by atoms with Crippen LogP contribution < -0.4 is 5.32 Å². The molecule has 4 rings (SSSR count). The highest BCUT2D eigenvalue weighted by Gasteiger charge is 2.40. The van der Waals surface area contributed by atoms with Crippen LogP contribution in [0.5, 0.6) is 0 Å². The summed E-state index contributed by atoms with van der Waals surface area (Å²) in [5.74, 6) is -1.07. The fourth-order valence-electron chi connectivity index (χ4n) is 4.81. The second kappa shape index (κ2) is 9.02. The SMILES string of the molecule is CCC1(C(=O)O)CCN(C(=O)CNC(=O)OCC2c3ccccc3-c3ccccc32)CC1. The first-order valence-corrected chi connectivity index (χ1v) is 11.1. The number of hydrogen-bond donors (Lipinski definition) is 2. The van der Waals surface area contributed by atoms with Gasteiger partial charge in [-0.3, -0.25) is 9.59 Å². The van der Waals surface area contributed by atoms with Crippen molar-refractivity contribution in [3.05, 3.63) is 59.7 Å². The van der Waals surface area contributed by atoms with Crippen LogP contribution in [0.3, 0.4) is 0 Å². The number of rotatable bonds is 6. The summed E-state index contributed by atoms with van der Waals surface area (Å²) >= 11 is 0. The fourth-order valence-corrected chi connectivity index (χ4v) is 4.81. The van der Waals surface area contributed by atoms with Crippen LogP contribution in [0.25, 0.3) is 11.1 Å². The zero-order valence-corrected chi connectivity index (χ0v) is 18.2. The monoisotopic (exact) mass is 436 g/mol. The third-order valence-corrected chi connectivity index (χ3v) is 6.93. The number of hydrogen-bond acceptors (Lipinski definition) is 4. The number of nitrogens with one attached hydrogen (secondary N) is 1. The first-order chi connectivity index (χ1) is 15.4. The molecule has 0 radical (unpaired) electrons. The first kappa shape index (κ1) is 21.9. The Labute approximate surface area is 187 Å². The predicted octanol–water partition coefficient (Wildman–Crippen LogP) is 3.63. The fraction of sp³-hybridized carbons (Fsp3) is 0.400. The van der Waals surface area contributed by atoms with Crippen LogP contribution in [0.15, 0.2) is 48.5 Å². The Morgan fingerprint density at radius 1 is 1.03 bits per heavy atom. The van der Waals surface area contributed by atoms with Gasteiger partial charge in [0, 0.05) is 19.0 Å². The van der Waals surface area contributed by atoms with Gasteiger partial charge >= 0.3 is 12.1 Å². The largest absolute Gasteiger partial charge is 0.481 e. The van der Waals surface area contributed by atoms with Gasteiger partial charge in [-0.25, -0.2) is 4.79 Å². The predicted molar refractivity (Wildman–Crippen MR) is 119 cm³/mol. The van der Waals surface area contributed by atoms with Gasteiger partial charge in [0.1, 0.15) is 13.2 Å². The number of ether oxygens (including phenoxy) is 1. The molecule has 0 unspecified atom stereocenters. The van der Waals surface area contributed by atoms with E-state index in [4.69, 9.17) is 4.74 Å². The van der Waals surface area contributed by atoms with Crippen LogP contribution in [0.4, 0.5) is 4.79 Å². The zero-order valence-electron chi connectivity index (χ0n) is 18.2. The highest BCUT2D eigenvalue weighted by Crippen LogP contribution is 2.44. The molecule has 0 saturated carbocycles. The van der Waals surface area contributed by atoms with E-state index >= 15 is 0 Å². The zero-order chi connectivity index (χ0) is 22.7. The van der Waals surface area contributed by atoms with Gasteiger partial charge in [-0.2, -0.15) is 0 Å². The van der Waals surface area contributed by atoms with Crippen LogP contribution in [-0.4, -0.2) is 54.2 Å². The van der Waals surface area contributed by atoms with Crippen molar-refractivity contribution in [3.8, 4) is 11.1 Å². The molecule has 2 aliphatic rings. The van der Waals surface area contributed by atoms with Crippen LogP contribution in [0, 0.1) is 5.41 Å². The van der Waals surface area contributed by atoms with Gasteiger partial charge in [-0.05, 0) is 41.5 Å². The lowest BCUT2D eigenvalue weighted by Gasteiger charge is -2.38. The molecule has 0 spiro atoms. The van der Waals surface area contributed by atoms with E-state index in [1.165, 1.54) is 0 Å². The molecule has 1 aliphatic heterocycles. The molecule has 7 heteroatoms. The van der Waals surface area contributed by atoms with Crippen LogP contribution in [0.2, 0.25) is 0 Å². The van der Waals surface area contributed by atoms with Gasteiger partial charge in [-0.1, -0.05) is 55.5 Å². The minimum Gasteiger partial charge on any atom is -0.481 e. The van der Waals surface area contributed by atoms with Crippen molar-refractivity contribution < 1.29 is 24.2 Å². The number of carbonyl (C=O) groups excluding carboxylic acids is 2. The van der Waals surface area contributed by atoms with Gasteiger partial charge in [-0.15, -0.1) is 0 Å². The lowest BCUT2D eigenvalue weighted by Crippen LogP contribution is -2.49. The summed E-state index contributed by atoms with van der Waals surface area (Å²) in [5.41, 5.74) is 3.81. The molecular formula is C25H28N2O5. The Morgan fingerprint density at radius 2 is 1.59 bits per heavy atom. The molecule has 2 N–H and O–H groups in total. The summed E-state index contributed by atoms with van der Waals surface area (Å²) in [4.78, 5) is 37.9. The normalized spacial score (nSPS) is 16.7. The van der Waals surface area contributed by atoms with Crippen molar-refractivity contribution in [1.29, 1.82) is 0 Å². The van der Waals surface area contributed by atoms with E-state index in [0.29, 0.717) is 32.4 Å². The molecule has 0 atom stereocenters. The number of carboxylic acid groups (broad SMARTS) is 1. The number of fused-ring (bicyclic) bond motifs is 3. The van der Waals surface area contributed by atoms with Crippen LogP contribution in [0.1, 0.15) is 43.2 Å². The molecule has 168 valence electrons. The van der Waals surface area contributed by atoms with Crippen LogP contribution in [-0.2, 0) is 14.3 Å². The molecule has 1 saturated heterocycles. The number of alkyl carbamates (subject to hydrolysis) is 1. The molecule has 1 heterocycles. The lowest BCUT2D eigenvalue weighted by molar-refractivity contribution is -0.154.